The minimum Gasteiger partial charge on any atom is -0.493 e. The topological polar surface area (TPSA) is 65.7 Å². The summed E-state index contributed by atoms with van der Waals surface area (Å²) in [7, 11) is 1.61. The number of fused-ring (bicyclic) bond motifs is 1. The number of hydrogen-bond acceptors (Lipinski definition) is 5. The second kappa shape index (κ2) is 11.0. The van der Waals surface area contributed by atoms with Crippen molar-refractivity contribution >= 4 is 39.7 Å². The smallest absolute Gasteiger partial charge is 0.282 e. The summed E-state index contributed by atoms with van der Waals surface area (Å²) in [4.78, 5) is 18.1. The number of ether oxygens (including phenoxy) is 2. The largest absolute Gasteiger partial charge is 0.493 e. The van der Waals surface area contributed by atoms with Crippen molar-refractivity contribution in [2.75, 3.05) is 7.11 Å². The van der Waals surface area contributed by atoms with Crippen molar-refractivity contribution in [3.8, 4) is 22.9 Å². The molecule has 0 unspecified atom stereocenters. The molecule has 0 saturated carbocycles. The first-order chi connectivity index (χ1) is 18.0. The Labute approximate surface area is 228 Å². The molecule has 0 aliphatic rings. The van der Waals surface area contributed by atoms with Gasteiger partial charge < -0.3 is 9.47 Å². The number of nitrogens with zero attached hydrogens (tertiary/aromatic N) is 3. The molecule has 0 aliphatic carbocycles. The van der Waals surface area contributed by atoms with Crippen LogP contribution in [0.2, 0.25) is 0 Å². The van der Waals surface area contributed by atoms with Crippen LogP contribution < -0.4 is 15.0 Å². The van der Waals surface area contributed by atoms with Crippen molar-refractivity contribution < 1.29 is 9.47 Å². The van der Waals surface area contributed by atoms with E-state index in [2.05, 4.69) is 58.9 Å². The number of hydrogen-bond donors (Lipinski definition) is 0. The van der Waals surface area contributed by atoms with Gasteiger partial charge in [0.25, 0.3) is 5.56 Å². The molecule has 0 atom stereocenters. The fourth-order valence-electron chi connectivity index (χ4n) is 3.92. The summed E-state index contributed by atoms with van der Waals surface area (Å²) in [6.45, 7) is 2.49. The van der Waals surface area contributed by atoms with Crippen LogP contribution in [0, 0.1) is 10.5 Å². The molecule has 6 nitrogen and oxygen atoms in total. The van der Waals surface area contributed by atoms with Gasteiger partial charge in [0.2, 0.25) is 0 Å². The van der Waals surface area contributed by atoms with Gasteiger partial charge in [0, 0.05) is 5.56 Å². The molecule has 0 aliphatic heterocycles. The molecule has 0 radical (unpaired) electrons. The van der Waals surface area contributed by atoms with Crippen LogP contribution in [0.5, 0.6) is 11.5 Å². The monoisotopic (exact) mass is 601 g/mol. The summed E-state index contributed by atoms with van der Waals surface area (Å²) in [5, 5.41) is 5.07. The summed E-state index contributed by atoms with van der Waals surface area (Å²) in [6.07, 6.45) is 1.64. The summed E-state index contributed by atoms with van der Waals surface area (Å²) >= 11 is 2.22. The van der Waals surface area contributed by atoms with Gasteiger partial charge in [0.15, 0.2) is 17.3 Å². The van der Waals surface area contributed by atoms with Crippen molar-refractivity contribution in [2.24, 2.45) is 5.10 Å². The number of aromatic nitrogens is 2. The van der Waals surface area contributed by atoms with E-state index in [0.717, 1.165) is 20.3 Å². The van der Waals surface area contributed by atoms with E-state index in [1.165, 1.54) is 10.2 Å². The first kappa shape index (κ1) is 24.7. The Morgan fingerprint density at radius 2 is 1.70 bits per heavy atom. The Bertz CT molecular complexity index is 1650. The van der Waals surface area contributed by atoms with Crippen molar-refractivity contribution in [3.05, 3.63) is 122 Å². The van der Waals surface area contributed by atoms with Crippen LogP contribution in [0.3, 0.4) is 0 Å². The van der Waals surface area contributed by atoms with E-state index in [-0.39, 0.29) is 5.56 Å². The second-order valence-electron chi connectivity index (χ2n) is 8.49. The van der Waals surface area contributed by atoms with E-state index in [1.807, 2.05) is 60.7 Å². The molecule has 5 aromatic rings. The number of aryl methyl sites for hydroxylation is 1. The average molecular weight is 601 g/mol. The maximum atomic E-state index is 13.4. The van der Waals surface area contributed by atoms with Gasteiger partial charge in [-0.15, -0.1) is 0 Å². The van der Waals surface area contributed by atoms with Crippen LogP contribution in [0.1, 0.15) is 16.7 Å². The van der Waals surface area contributed by atoms with Gasteiger partial charge in [-0.25, -0.2) is 4.98 Å². The molecule has 0 spiro atoms. The van der Waals surface area contributed by atoms with Crippen molar-refractivity contribution in [2.45, 2.75) is 13.5 Å². The van der Waals surface area contributed by atoms with Crippen molar-refractivity contribution in [1.82, 2.24) is 9.66 Å². The Morgan fingerprint density at radius 3 is 2.46 bits per heavy atom. The lowest BCUT2D eigenvalue weighted by Crippen LogP contribution is -2.20. The third-order valence-corrected chi connectivity index (χ3v) is 6.66. The first-order valence-electron chi connectivity index (χ1n) is 11.7. The molecule has 0 N–H and O–H groups in total. The van der Waals surface area contributed by atoms with Gasteiger partial charge in [0.05, 0.1) is 27.8 Å². The van der Waals surface area contributed by atoms with Crippen LogP contribution in [-0.4, -0.2) is 23.0 Å². The van der Waals surface area contributed by atoms with Crippen LogP contribution in [0.4, 0.5) is 0 Å². The quantitative estimate of drug-likeness (QED) is 0.159. The van der Waals surface area contributed by atoms with Gasteiger partial charge in [-0.3, -0.25) is 4.79 Å². The zero-order chi connectivity index (χ0) is 25.8. The summed E-state index contributed by atoms with van der Waals surface area (Å²) in [6, 6.07) is 28.9. The molecule has 0 fully saturated rings. The third kappa shape index (κ3) is 5.41. The molecule has 1 aromatic heterocycles. The van der Waals surface area contributed by atoms with Gasteiger partial charge in [-0.2, -0.15) is 9.78 Å². The summed E-state index contributed by atoms with van der Waals surface area (Å²) in [5.74, 6) is 1.73. The lowest BCUT2D eigenvalue weighted by atomic mass is 10.1. The highest BCUT2D eigenvalue weighted by Crippen LogP contribution is 2.34. The number of rotatable bonds is 7. The van der Waals surface area contributed by atoms with Crippen molar-refractivity contribution in [3.63, 3.8) is 0 Å². The van der Waals surface area contributed by atoms with Gasteiger partial charge >= 0.3 is 0 Å². The molecular weight excluding hydrogens is 577 g/mol. The standard InChI is InChI=1S/C30H24IN3O3/c1-20-12-14-21(15-13-20)19-37-28-25(31)16-22(17-27(28)36-2)18-32-34-29(23-8-4-3-5-9-23)33-26-11-7-6-10-24(26)30(34)35/h3-18H,19H2,1-2H3. The van der Waals surface area contributed by atoms with Crippen LogP contribution >= 0.6 is 22.6 Å². The molecule has 0 amide bonds. The van der Waals surface area contributed by atoms with Crippen molar-refractivity contribution in [1.29, 1.82) is 0 Å². The minimum absolute atomic E-state index is 0.236. The van der Waals surface area contributed by atoms with E-state index in [9.17, 15) is 4.79 Å². The van der Waals surface area contributed by atoms with Crippen LogP contribution in [0.25, 0.3) is 22.3 Å². The fourth-order valence-corrected chi connectivity index (χ4v) is 4.70. The highest BCUT2D eigenvalue weighted by Gasteiger charge is 2.14. The predicted molar refractivity (Wildman–Crippen MR) is 156 cm³/mol. The summed E-state index contributed by atoms with van der Waals surface area (Å²) < 4.78 is 14.0. The van der Waals surface area contributed by atoms with Crippen LogP contribution in [-0.2, 0) is 6.61 Å². The number of halogens is 1. The zero-order valence-corrected chi connectivity index (χ0v) is 22.5. The Balaban J connectivity index is 1.51. The molecule has 0 bridgehead atoms. The molecule has 1 heterocycles. The van der Waals surface area contributed by atoms with Gasteiger partial charge in [-0.1, -0.05) is 72.3 Å². The highest BCUT2D eigenvalue weighted by atomic mass is 127. The average Bonchev–Trinajstić information content (AvgIpc) is 2.93. The van der Waals surface area contributed by atoms with Crippen LogP contribution in [0.15, 0.2) is 101 Å². The van der Waals surface area contributed by atoms with E-state index in [0.29, 0.717) is 34.8 Å². The number of benzene rings is 4. The normalized spacial score (nSPS) is 11.2. The maximum Gasteiger partial charge on any atom is 0.282 e. The molecule has 5 rings (SSSR count). The van der Waals surface area contributed by atoms with E-state index in [4.69, 9.17) is 14.5 Å². The summed E-state index contributed by atoms with van der Waals surface area (Å²) in [5.41, 5.74) is 4.24. The molecule has 184 valence electrons. The SMILES string of the molecule is COc1cc(C=Nn2c(-c3ccccc3)nc3ccccc3c2=O)cc(I)c1OCc1ccc(C)cc1. The lowest BCUT2D eigenvalue weighted by Gasteiger charge is -2.14. The molecule has 7 heteroatoms. The molecule has 37 heavy (non-hydrogen) atoms. The third-order valence-electron chi connectivity index (χ3n) is 5.86. The maximum absolute atomic E-state index is 13.4. The second-order valence-corrected chi connectivity index (χ2v) is 9.65. The predicted octanol–water partition coefficient (Wildman–Crippen LogP) is 6.45. The van der Waals surface area contributed by atoms with E-state index in [1.54, 1.807) is 19.4 Å². The minimum atomic E-state index is -0.236. The molecule has 0 saturated heterocycles. The van der Waals surface area contributed by atoms with Gasteiger partial charge in [0.1, 0.15) is 6.61 Å². The van der Waals surface area contributed by atoms with E-state index < -0.39 is 0 Å². The fraction of sp³-hybridized carbons (Fsp3) is 0.100. The molecule has 4 aromatic carbocycles. The Morgan fingerprint density at radius 1 is 0.973 bits per heavy atom. The van der Waals surface area contributed by atoms with E-state index >= 15 is 0 Å². The molecular formula is C30H24IN3O3. The lowest BCUT2D eigenvalue weighted by molar-refractivity contribution is 0.282. The number of methoxy groups -OCH3 is 1. The zero-order valence-electron chi connectivity index (χ0n) is 20.4. The van der Waals surface area contributed by atoms with Gasteiger partial charge in [-0.05, 0) is 64.9 Å². The first-order valence-corrected chi connectivity index (χ1v) is 12.8. The highest BCUT2D eigenvalue weighted by molar-refractivity contribution is 14.1. The number of para-hydroxylation sites is 1. The Kier molecular flexibility index (Phi) is 7.32. The Hall–Kier alpha value is -3.98.